The largest absolute Gasteiger partial charge is 0.469 e. The van der Waals surface area contributed by atoms with E-state index < -0.39 is 0 Å². The third-order valence-electron chi connectivity index (χ3n) is 9.11. The number of hydrogen-bond acceptors (Lipinski definition) is 6. The molecule has 4 rings (SSSR count). The minimum Gasteiger partial charge on any atom is -0.469 e. The summed E-state index contributed by atoms with van der Waals surface area (Å²) in [5.74, 6) is -0.489. The molecule has 0 aromatic carbocycles. The number of H-pyrrole nitrogens is 2. The summed E-state index contributed by atoms with van der Waals surface area (Å²) in [6.45, 7) is 12.8. The van der Waals surface area contributed by atoms with Crippen LogP contribution < -0.4 is 0 Å². The van der Waals surface area contributed by atoms with E-state index in [4.69, 9.17) is 19.5 Å². The van der Waals surface area contributed by atoms with Crippen LogP contribution in [0.4, 0.5) is 0 Å². The van der Waals surface area contributed by atoms with E-state index in [0.29, 0.717) is 19.3 Å². The summed E-state index contributed by atoms with van der Waals surface area (Å²) in [5, 5.41) is 0. The van der Waals surface area contributed by atoms with E-state index in [1.807, 2.05) is 6.21 Å². The number of rotatable bonds is 14. The fraction of sp³-hybridized carbons (Fsp3) is 0.459. The highest BCUT2D eigenvalue weighted by molar-refractivity contribution is 6.07. The first-order chi connectivity index (χ1) is 21.7. The summed E-state index contributed by atoms with van der Waals surface area (Å²) in [7, 11) is 2.84. The fourth-order valence-corrected chi connectivity index (χ4v) is 6.42. The van der Waals surface area contributed by atoms with Crippen molar-refractivity contribution in [1.29, 1.82) is 0 Å². The number of hydrogen-bond donors (Lipinski definition) is 2. The zero-order valence-corrected chi connectivity index (χ0v) is 28.2. The third kappa shape index (κ3) is 7.38. The van der Waals surface area contributed by atoms with Crippen molar-refractivity contribution in [2.75, 3.05) is 14.2 Å². The number of carbonyl (C=O) groups is 2. The minimum absolute atomic E-state index is 0.243. The molecule has 240 valence electrons. The molecular formula is C37H48N4O4. The van der Waals surface area contributed by atoms with Crippen molar-refractivity contribution >= 4 is 36.0 Å². The molecule has 0 bridgehead atoms. The first-order valence-corrected chi connectivity index (χ1v) is 16.2. The molecule has 8 nitrogen and oxygen atoms in total. The second-order valence-corrected chi connectivity index (χ2v) is 11.6. The normalized spacial score (nSPS) is 16.5. The van der Waals surface area contributed by atoms with Crippen LogP contribution in [0.2, 0.25) is 0 Å². The summed E-state index contributed by atoms with van der Waals surface area (Å²) < 4.78 is 9.95. The van der Waals surface area contributed by atoms with Crippen molar-refractivity contribution in [3.8, 4) is 0 Å². The number of nitrogens with zero attached hydrogens (tertiary/aromatic N) is 2. The first-order valence-electron chi connectivity index (χ1n) is 16.2. The molecular weight excluding hydrogens is 564 g/mol. The van der Waals surface area contributed by atoms with Gasteiger partial charge in [0.15, 0.2) is 0 Å². The van der Waals surface area contributed by atoms with E-state index in [-0.39, 0.29) is 24.8 Å². The molecule has 8 heteroatoms. The summed E-state index contributed by atoms with van der Waals surface area (Å²) in [6, 6.07) is 0. The Labute approximate surface area is 267 Å². The van der Waals surface area contributed by atoms with Crippen LogP contribution in [-0.2, 0) is 44.7 Å². The number of methoxy groups -OCH3 is 2. The van der Waals surface area contributed by atoms with Gasteiger partial charge in [-0.25, -0.2) is 0 Å². The van der Waals surface area contributed by atoms with Crippen molar-refractivity contribution in [2.24, 2.45) is 9.98 Å². The number of nitrogens with one attached hydrogen (secondary N) is 2. The van der Waals surface area contributed by atoms with E-state index >= 15 is 0 Å². The molecule has 0 unspecified atom stereocenters. The maximum atomic E-state index is 12.2. The average Bonchev–Trinajstić information content (AvgIpc) is 3.79. The van der Waals surface area contributed by atoms with Gasteiger partial charge in [-0.05, 0) is 109 Å². The molecule has 2 aromatic rings. The Hall–Kier alpha value is -4.20. The lowest BCUT2D eigenvalue weighted by atomic mass is 9.95. The van der Waals surface area contributed by atoms with Crippen LogP contribution in [0.3, 0.4) is 0 Å². The average molecular weight is 613 g/mol. The zero-order valence-electron chi connectivity index (χ0n) is 28.2. The SMILES string of the molecule is CCC1=C(CC)/C(=C/c2[nH]c(CC3=N/C(=C\c4[nH]cc(CC)c4CC)C(C)=C3CCC(=O)OC)c(CCC(=O)OC)c2C)N=C1. The first kappa shape index (κ1) is 33.7. The molecule has 2 aliphatic heterocycles. The van der Waals surface area contributed by atoms with Gasteiger partial charge in [-0.3, -0.25) is 19.6 Å². The molecule has 0 spiro atoms. The van der Waals surface area contributed by atoms with Crippen molar-refractivity contribution in [3.05, 3.63) is 79.2 Å². The van der Waals surface area contributed by atoms with Gasteiger partial charge in [0.05, 0.1) is 31.3 Å². The molecule has 0 aliphatic carbocycles. The van der Waals surface area contributed by atoms with Crippen LogP contribution in [0.5, 0.6) is 0 Å². The van der Waals surface area contributed by atoms with Crippen molar-refractivity contribution < 1.29 is 19.1 Å². The Morgan fingerprint density at radius 2 is 1.51 bits per heavy atom. The van der Waals surface area contributed by atoms with E-state index in [0.717, 1.165) is 82.1 Å². The Bertz CT molecular complexity index is 1640. The summed E-state index contributed by atoms with van der Waals surface area (Å²) in [6.07, 6.45) is 14.3. The molecule has 0 saturated heterocycles. The second kappa shape index (κ2) is 15.2. The Balaban J connectivity index is 1.78. The zero-order chi connectivity index (χ0) is 32.7. The van der Waals surface area contributed by atoms with Crippen LogP contribution in [0, 0.1) is 6.92 Å². The molecule has 4 heterocycles. The van der Waals surface area contributed by atoms with Gasteiger partial charge in [0.25, 0.3) is 0 Å². The smallest absolute Gasteiger partial charge is 0.305 e. The molecule has 0 amide bonds. The number of aromatic nitrogens is 2. The van der Waals surface area contributed by atoms with Gasteiger partial charge >= 0.3 is 11.9 Å². The van der Waals surface area contributed by atoms with Crippen LogP contribution in [0.25, 0.3) is 12.2 Å². The van der Waals surface area contributed by atoms with Crippen molar-refractivity contribution in [2.45, 2.75) is 99.3 Å². The lowest BCUT2D eigenvalue weighted by molar-refractivity contribution is -0.141. The monoisotopic (exact) mass is 612 g/mol. The predicted octanol–water partition coefficient (Wildman–Crippen LogP) is 7.73. The number of allylic oxidation sites excluding steroid dienone is 4. The number of aromatic amines is 2. The van der Waals surface area contributed by atoms with Gasteiger partial charge in [-0.1, -0.05) is 27.7 Å². The summed E-state index contributed by atoms with van der Waals surface area (Å²) in [5.41, 5.74) is 15.3. The summed E-state index contributed by atoms with van der Waals surface area (Å²) in [4.78, 5) is 41.4. The van der Waals surface area contributed by atoms with Crippen molar-refractivity contribution in [3.63, 3.8) is 0 Å². The molecule has 45 heavy (non-hydrogen) atoms. The lowest BCUT2D eigenvalue weighted by Gasteiger charge is -2.09. The quantitative estimate of drug-likeness (QED) is 0.213. The molecule has 0 fully saturated rings. The number of carbonyl (C=O) groups excluding carboxylic acids is 2. The highest BCUT2D eigenvalue weighted by Gasteiger charge is 2.26. The van der Waals surface area contributed by atoms with Gasteiger partial charge in [0.2, 0.25) is 0 Å². The molecule has 0 saturated carbocycles. The lowest BCUT2D eigenvalue weighted by Crippen LogP contribution is -2.10. The van der Waals surface area contributed by atoms with Crippen LogP contribution in [0.1, 0.15) is 106 Å². The minimum atomic E-state index is -0.246. The molecule has 2 aromatic heterocycles. The molecule has 2 N–H and O–H groups in total. The Kier molecular flexibility index (Phi) is 11.4. The van der Waals surface area contributed by atoms with Gasteiger partial charge in [0.1, 0.15) is 0 Å². The van der Waals surface area contributed by atoms with Gasteiger partial charge in [-0.2, -0.15) is 0 Å². The highest BCUT2D eigenvalue weighted by atomic mass is 16.5. The van der Waals surface area contributed by atoms with Gasteiger partial charge in [-0.15, -0.1) is 0 Å². The number of aryl methyl sites for hydroxylation is 1. The topological polar surface area (TPSA) is 109 Å². The van der Waals surface area contributed by atoms with Crippen LogP contribution in [0.15, 0.2) is 49.9 Å². The highest BCUT2D eigenvalue weighted by Crippen LogP contribution is 2.35. The Morgan fingerprint density at radius 1 is 0.822 bits per heavy atom. The molecule has 0 radical (unpaired) electrons. The fourth-order valence-electron chi connectivity index (χ4n) is 6.42. The van der Waals surface area contributed by atoms with E-state index in [2.05, 4.69) is 69.9 Å². The van der Waals surface area contributed by atoms with E-state index in [1.165, 1.54) is 36.5 Å². The second-order valence-electron chi connectivity index (χ2n) is 11.6. The molecule has 0 atom stereocenters. The third-order valence-corrected chi connectivity index (χ3v) is 9.11. The van der Waals surface area contributed by atoms with Crippen molar-refractivity contribution in [1.82, 2.24) is 9.97 Å². The van der Waals surface area contributed by atoms with Crippen LogP contribution in [-0.4, -0.2) is 48.1 Å². The number of aliphatic imine (C=N–C) groups is 2. The van der Waals surface area contributed by atoms with E-state index in [9.17, 15) is 9.59 Å². The maximum Gasteiger partial charge on any atom is 0.305 e. The Morgan fingerprint density at radius 3 is 2.13 bits per heavy atom. The molecule has 2 aliphatic rings. The number of esters is 2. The van der Waals surface area contributed by atoms with Gasteiger partial charge < -0.3 is 19.4 Å². The number of ether oxygens (including phenoxy) is 2. The maximum absolute atomic E-state index is 12.2. The van der Waals surface area contributed by atoms with E-state index in [1.54, 1.807) is 0 Å². The van der Waals surface area contributed by atoms with Crippen LogP contribution >= 0.6 is 0 Å². The standard InChI is InChI=1S/C37H48N4O4/c1-9-24-20-38-32(26(24)11-3)17-30-22(5)28(13-15-36(42)44-7)34(40-30)19-35-29(14-16-37(43)45-8)23(6)31(41-35)18-33-27(12-4)25(10-2)21-39-33/h17-18,20-21,38,41H,9-16,19H2,1-8H3/b30-17-,33-18-. The predicted molar refractivity (Wildman–Crippen MR) is 183 cm³/mol. The van der Waals surface area contributed by atoms with Gasteiger partial charge in [0, 0.05) is 48.8 Å². The summed E-state index contributed by atoms with van der Waals surface area (Å²) >= 11 is 0.